The molecule has 3 aromatic rings. The number of nitrogens with one attached hydrogen (secondary N) is 1. The number of pyridine rings is 1. The summed E-state index contributed by atoms with van der Waals surface area (Å²) in [7, 11) is 0. The molecule has 0 amide bonds. The smallest absolute Gasteiger partial charge is 0.190 e. The number of unbranched alkanes of at least 4 members (excludes halogenated alkanes) is 1. The molecule has 0 saturated carbocycles. The molecule has 0 radical (unpaired) electrons. The molecule has 0 bridgehead atoms. The van der Waals surface area contributed by atoms with Gasteiger partial charge in [-0.3, -0.25) is 9.59 Å². The number of Topliss-reactive ketones (excluding diaryl/α,β-unsaturated/α-hetero) is 1. The third kappa shape index (κ3) is 3.84. The van der Waals surface area contributed by atoms with Crippen LogP contribution in [0.3, 0.4) is 0 Å². The van der Waals surface area contributed by atoms with E-state index in [-0.39, 0.29) is 11.2 Å². The highest BCUT2D eigenvalue weighted by Crippen LogP contribution is 2.23. The summed E-state index contributed by atoms with van der Waals surface area (Å²) in [4.78, 5) is 27.3. The van der Waals surface area contributed by atoms with Gasteiger partial charge in [0.2, 0.25) is 0 Å². The van der Waals surface area contributed by atoms with Crippen LogP contribution in [-0.2, 0) is 0 Å². The summed E-state index contributed by atoms with van der Waals surface area (Å²) in [6, 6.07) is 14.2. The molecule has 130 valence electrons. The summed E-state index contributed by atoms with van der Waals surface area (Å²) >= 11 is 0. The minimum atomic E-state index is -0.128. The lowest BCUT2D eigenvalue weighted by atomic mass is 10.1. The number of aromatic nitrogens is 1. The fourth-order valence-corrected chi connectivity index (χ4v) is 2.74. The average molecular weight is 345 g/mol. The lowest BCUT2D eigenvalue weighted by molar-refractivity contribution is 0.101. The summed E-state index contributed by atoms with van der Waals surface area (Å²) in [5, 5.41) is 0.503. The van der Waals surface area contributed by atoms with Gasteiger partial charge in [-0.2, -0.15) is 0 Å². The highest BCUT2D eigenvalue weighted by Gasteiger charge is 2.08. The minimum absolute atomic E-state index is 0.0648. The van der Waals surface area contributed by atoms with E-state index in [1.165, 1.54) is 6.92 Å². The monoisotopic (exact) mass is 345 g/mol. The summed E-state index contributed by atoms with van der Waals surface area (Å²) < 4.78 is 5.70. The van der Waals surface area contributed by atoms with E-state index in [4.69, 9.17) is 11.2 Å². The molecule has 0 aliphatic heterocycles. The SMILES string of the molecule is C#CCCCOc1cccc(-c2cc(=O)c3cc(C(C)=O)ccc3[nH]2)c1. The highest BCUT2D eigenvalue weighted by atomic mass is 16.5. The first-order chi connectivity index (χ1) is 12.6. The summed E-state index contributed by atoms with van der Waals surface area (Å²) in [6.07, 6.45) is 6.71. The number of hydrogen-bond donors (Lipinski definition) is 1. The first-order valence-corrected chi connectivity index (χ1v) is 8.43. The predicted octanol–water partition coefficient (Wildman–Crippen LogP) is 4.19. The van der Waals surface area contributed by atoms with Gasteiger partial charge < -0.3 is 9.72 Å². The van der Waals surface area contributed by atoms with Gasteiger partial charge in [-0.15, -0.1) is 12.3 Å². The zero-order chi connectivity index (χ0) is 18.5. The van der Waals surface area contributed by atoms with Crippen molar-refractivity contribution < 1.29 is 9.53 Å². The minimum Gasteiger partial charge on any atom is -0.494 e. The van der Waals surface area contributed by atoms with Gasteiger partial charge in [0.1, 0.15) is 5.75 Å². The molecule has 0 aliphatic carbocycles. The maximum absolute atomic E-state index is 12.5. The number of fused-ring (bicyclic) bond motifs is 1. The molecular weight excluding hydrogens is 326 g/mol. The van der Waals surface area contributed by atoms with Crippen molar-refractivity contribution in [1.29, 1.82) is 0 Å². The number of terminal acetylenes is 1. The van der Waals surface area contributed by atoms with Gasteiger partial charge >= 0.3 is 0 Å². The van der Waals surface area contributed by atoms with E-state index in [0.717, 1.165) is 17.7 Å². The molecule has 26 heavy (non-hydrogen) atoms. The van der Waals surface area contributed by atoms with Crippen molar-refractivity contribution in [2.75, 3.05) is 6.61 Å². The number of rotatable bonds is 6. The van der Waals surface area contributed by atoms with E-state index >= 15 is 0 Å². The second-order valence-electron chi connectivity index (χ2n) is 6.05. The lowest BCUT2D eigenvalue weighted by Gasteiger charge is -2.09. The summed E-state index contributed by atoms with van der Waals surface area (Å²) in [6.45, 7) is 2.04. The van der Waals surface area contributed by atoms with E-state index in [1.54, 1.807) is 24.3 Å². The molecule has 0 spiro atoms. The zero-order valence-electron chi connectivity index (χ0n) is 14.5. The number of ether oxygens (including phenoxy) is 1. The molecular formula is C22H19NO3. The average Bonchev–Trinajstić information content (AvgIpc) is 2.65. The maximum Gasteiger partial charge on any atom is 0.190 e. The van der Waals surface area contributed by atoms with Gasteiger partial charge in [0.05, 0.1) is 6.61 Å². The topological polar surface area (TPSA) is 59.2 Å². The fourth-order valence-electron chi connectivity index (χ4n) is 2.74. The molecule has 0 saturated heterocycles. The Morgan fingerprint density at radius 3 is 2.81 bits per heavy atom. The molecule has 1 aromatic heterocycles. The van der Waals surface area contributed by atoms with Gasteiger partial charge in [0.25, 0.3) is 0 Å². The fraction of sp³-hybridized carbons (Fsp3) is 0.182. The van der Waals surface area contributed by atoms with Gasteiger partial charge in [0, 0.05) is 40.2 Å². The molecule has 4 nitrogen and oxygen atoms in total. The van der Waals surface area contributed by atoms with Crippen molar-refractivity contribution in [2.45, 2.75) is 19.8 Å². The Hall–Kier alpha value is -3.32. The molecule has 1 N–H and O–H groups in total. The summed E-state index contributed by atoms with van der Waals surface area (Å²) in [5.41, 5.74) is 2.65. The van der Waals surface area contributed by atoms with Crippen LogP contribution in [-0.4, -0.2) is 17.4 Å². The van der Waals surface area contributed by atoms with Crippen molar-refractivity contribution in [3.8, 4) is 29.4 Å². The molecule has 1 heterocycles. The van der Waals surface area contributed by atoms with Gasteiger partial charge in [0.15, 0.2) is 11.2 Å². The number of benzene rings is 2. The van der Waals surface area contributed by atoms with E-state index < -0.39 is 0 Å². The van der Waals surface area contributed by atoms with Crippen LogP contribution >= 0.6 is 0 Å². The van der Waals surface area contributed by atoms with Gasteiger partial charge in [-0.25, -0.2) is 0 Å². The van der Waals surface area contributed by atoms with Crippen LogP contribution in [0.15, 0.2) is 53.3 Å². The first kappa shape index (κ1) is 17.5. The molecule has 3 rings (SSSR count). The van der Waals surface area contributed by atoms with Crippen LogP contribution in [0, 0.1) is 12.3 Å². The Balaban J connectivity index is 1.93. The Morgan fingerprint density at radius 1 is 1.19 bits per heavy atom. The van der Waals surface area contributed by atoms with Crippen molar-refractivity contribution in [2.24, 2.45) is 0 Å². The van der Waals surface area contributed by atoms with Gasteiger partial charge in [-0.05, 0) is 43.7 Å². The van der Waals surface area contributed by atoms with Crippen LogP contribution in [0.2, 0.25) is 0 Å². The van der Waals surface area contributed by atoms with Crippen LogP contribution in [0.1, 0.15) is 30.1 Å². The Bertz CT molecular complexity index is 1060. The number of ketones is 1. The molecule has 0 aliphatic rings. The normalized spacial score (nSPS) is 10.5. The third-order valence-corrected chi connectivity index (χ3v) is 4.12. The Morgan fingerprint density at radius 2 is 2.04 bits per heavy atom. The summed E-state index contributed by atoms with van der Waals surface area (Å²) in [5.74, 6) is 3.25. The molecule has 0 fully saturated rings. The van der Waals surface area contributed by atoms with Crippen molar-refractivity contribution >= 4 is 16.7 Å². The molecule has 2 aromatic carbocycles. The standard InChI is InChI=1S/C22H19NO3/c1-3-4-5-11-26-18-8-6-7-17(12-18)21-14-22(25)19-13-16(15(2)24)9-10-20(19)23-21/h1,6-10,12-14H,4-5,11H2,2H3,(H,23,25). The number of carbonyl (C=O) groups excluding carboxylic acids is 1. The molecule has 4 heteroatoms. The van der Waals surface area contributed by atoms with Crippen LogP contribution in [0.25, 0.3) is 22.2 Å². The largest absolute Gasteiger partial charge is 0.494 e. The lowest BCUT2D eigenvalue weighted by Crippen LogP contribution is -2.05. The highest BCUT2D eigenvalue weighted by molar-refractivity contribution is 5.98. The van der Waals surface area contributed by atoms with Crippen molar-refractivity contribution in [3.05, 3.63) is 64.3 Å². The molecule has 0 unspecified atom stereocenters. The van der Waals surface area contributed by atoms with Gasteiger partial charge in [-0.1, -0.05) is 12.1 Å². The van der Waals surface area contributed by atoms with E-state index in [1.807, 2.05) is 24.3 Å². The maximum atomic E-state index is 12.5. The third-order valence-electron chi connectivity index (χ3n) is 4.12. The van der Waals surface area contributed by atoms with E-state index in [0.29, 0.717) is 35.2 Å². The second kappa shape index (κ2) is 7.71. The molecule has 0 atom stereocenters. The van der Waals surface area contributed by atoms with E-state index in [2.05, 4.69) is 10.9 Å². The predicted molar refractivity (Wildman–Crippen MR) is 104 cm³/mol. The Kier molecular flexibility index (Phi) is 5.19. The Labute approximate surface area is 151 Å². The van der Waals surface area contributed by atoms with Crippen LogP contribution in [0.5, 0.6) is 5.75 Å². The number of aromatic amines is 1. The number of hydrogen-bond acceptors (Lipinski definition) is 3. The van der Waals surface area contributed by atoms with E-state index in [9.17, 15) is 9.59 Å². The van der Waals surface area contributed by atoms with Crippen LogP contribution in [0.4, 0.5) is 0 Å². The number of H-pyrrole nitrogens is 1. The number of carbonyl (C=O) groups is 1. The quantitative estimate of drug-likeness (QED) is 0.414. The zero-order valence-corrected chi connectivity index (χ0v) is 14.5. The van der Waals surface area contributed by atoms with Crippen LogP contribution < -0.4 is 10.2 Å². The second-order valence-corrected chi connectivity index (χ2v) is 6.05. The van der Waals surface area contributed by atoms with Crippen molar-refractivity contribution in [3.63, 3.8) is 0 Å². The first-order valence-electron chi connectivity index (χ1n) is 8.43. The van der Waals surface area contributed by atoms with Crippen molar-refractivity contribution in [1.82, 2.24) is 4.98 Å².